The molecule has 19 heavy (non-hydrogen) atoms. The molecule has 5 heteroatoms. The molecule has 0 aliphatic carbocycles. The number of hydrogen-bond donors (Lipinski definition) is 1. The minimum atomic E-state index is -0.336. The van der Waals surface area contributed by atoms with Gasteiger partial charge in [0.15, 0.2) is 0 Å². The Bertz CT molecular complexity index is 543. The van der Waals surface area contributed by atoms with E-state index in [4.69, 9.17) is 4.74 Å². The van der Waals surface area contributed by atoms with Crippen LogP contribution in [0.25, 0.3) is 0 Å². The second-order valence-corrected chi connectivity index (χ2v) is 4.14. The molecule has 0 spiro atoms. The molecule has 1 heterocycles. The highest BCUT2D eigenvalue weighted by atomic mass is 19.1. The van der Waals surface area contributed by atoms with Crippen molar-refractivity contribution in [2.24, 2.45) is 0 Å². The lowest BCUT2D eigenvalue weighted by Gasteiger charge is -2.08. The molecule has 0 saturated heterocycles. The van der Waals surface area contributed by atoms with Crippen LogP contribution in [0.1, 0.15) is 18.2 Å². The minimum Gasteiger partial charge on any atom is -0.437 e. The standard InChI is InChI=1S/C14H16FN3O/c1-3-16-7-12-8-18-14(9-17-12)19-13-6-11(15)5-4-10(13)2/h4-6,8-9,16H,3,7H2,1-2H3. The topological polar surface area (TPSA) is 47.0 Å². The molecule has 2 aromatic rings. The summed E-state index contributed by atoms with van der Waals surface area (Å²) in [5, 5.41) is 3.16. The molecule has 4 nitrogen and oxygen atoms in total. The van der Waals surface area contributed by atoms with E-state index >= 15 is 0 Å². The molecule has 0 atom stereocenters. The monoisotopic (exact) mass is 261 g/mol. The van der Waals surface area contributed by atoms with Crippen LogP contribution >= 0.6 is 0 Å². The average molecular weight is 261 g/mol. The highest BCUT2D eigenvalue weighted by Crippen LogP contribution is 2.23. The lowest BCUT2D eigenvalue weighted by Crippen LogP contribution is -2.13. The molecule has 0 aliphatic heterocycles. The molecule has 2 rings (SSSR count). The van der Waals surface area contributed by atoms with E-state index in [0.29, 0.717) is 18.2 Å². The molecule has 0 radical (unpaired) electrons. The van der Waals surface area contributed by atoms with E-state index in [1.54, 1.807) is 12.3 Å². The van der Waals surface area contributed by atoms with Crippen LogP contribution < -0.4 is 10.1 Å². The maximum Gasteiger partial charge on any atom is 0.237 e. The van der Waals surface area contributed by atoms with Crippen LogP contribution in [-0.4, -0.2) is 16.5 Å². The minimum absolute atomic E-state index is 0.336. The average Bonchev–Trinajstić information content (AvgIpc) is 2.42. The van der Waals surface area contributed by atoms with E-state index in [-0.39, 0.29) is 5.82 Å². The maximum atomic E-state index is 13.1. The third-order valence-electron chi connectivity index (χ3n) is 2.60. The zero-order chi connectivity index (χ0) is 13.7. The number of halogens is 1. The number of nitrogens with one attached hydrogen (secondary N) is 1. The first-order chi connectivity index (χ1) is 9.19. The number of rotatable bonds is 5. The molecular weight excluding hydrogens is 245 g/mol. The van der Waals surface area contributed by atoms with Crippen LogP contribution in [0.5, 0.6) is 11.6 Å². The highest BCUT2D eigenvalue weighted by Gasteiger charge is 2.05. The Balaban J connectivity index is 2.08. The van der Waals surface area contributed by atoms with E-state index in [1.807, 2.05) is 13.8 Å². The third kappa shape index (κ3) is 3.72. The normalized spacial score (nSPS) is 10.5. The molecule has 0 fully saturated rings. The summed E-state index contributed by atoms with van der Waals surface area (Å²) in [5.41, 5.74) is 1.69. The van der Waals surface area contributed by atoms with E-state index in [1.165, 1.54) is 18.3 Å². The van der Waals surface area contributed by atoms with Crippen molar-refractivity contribution < 1.29 is 9.13 Å². The Morgan fingerprint density at radius 3 is 2.79 bits per heavy atom. The summed E-state index contributed by atoms with van der Waals surface area (Å²) in [4.78, 5) is 8.37. The number of ether oxygens (including phenoxy) is 1. The first kappa shape index (κ1) is 13.4. The summed E-state index contributed by atoms with van der Waals surface area (Å²) in [6.07, 6.45) is 3.18. The van der Waals surface area contributed by atoms with Gasteiger partial charge in [-0.2, -0.15) is 0 Å². The quantitative estimate of drug-likeness (QED) is 0.899. The second kappa shape index (κ2) is 6.24. The lowest BCUT2D eigenvalue weighted by molar-refractivity contribution is 0.450. The Morgan fingerprint density at radius 1 is 1.26 bits per heavy atom. The van der Waals surface area contributed by atoms with Gasteiger partial charge in [0.25, 0.3) is 0 Å². The summed E-state index contributed by atoms with van der Waals surface area (Å²) in [5.74, 6) is 0.472. The predicted octanol–water partition coefficient (Wildman–Crippen LogP) is 2.83. The fourth-order valence-electron chi connectivity index (χ4n) is 1.54. The highest BCUT2D eigenvalue weighted by molar-refractivity contribution is 5.35. The second-order valence-electron chi connectivity index (χ2n) is 4.14. The Morgan fingerprint density at radius 2 is 2.11 bits per heavy atom. The van der Waals surface area contributed by atoms with Crippen LogP contribution in [0, 0.1) is 12.7 Å². The van der Waals surface area contributed by atoms with Crippen molar-refractivity contribution in [2.75, 3.05) is 6.54 Å². The van der Waals surface area contributed by atoms with Gasteiger partial charge in [0, 0.05) is 12.6 Å². The van der Waals surface area contributed by atoms with E-state index in [9.17, 15) is 4.39 Å². The summed E-state index contributed by atoms with van der Waals surface area (Å²) < 4.78 is 18.6. The van der Waals surface area contributed by atoms with Crippen molar-refractivity contribution >= 4 is 0 Å². The summed E-state index contributed by atoms with van der Waals surface area (Å²) in [6.45, 7) is 5.42. The fraction of sp³-hybridized carbons (Fsp3) is 0.286. The summed E-state index contributed by atoms with van der Waals surface area (Å²) >= 11 is 0. The van der Waals surface area contributed by atoms with Gasteiger partial charge < -0.3 is 10.1 Å². The van der Waals surface area contributed by atoms with E-state index in [2.05, 4.69) is 15.3 Å². The van der Waals surface area contributed by atoms with E-state index < -0.39 is 0 Å². The van der Waals surface area contributed by atoms with Gasteiger partial charge in [-0.3, -0.25) is 4.98 Å². The van der Waals surface area contributed by atoms with Crippen molar-refractivity contribution in [1.29, 1.82) is 0 Å². The van der Waals surface area contributed by atoms with Crippen LogP contribution in [-0.2, 0) is 6.54 Å². The number of aryl methyl sites for hydroxylation is 1. The smallest absolute Gasteiger partial charge is 0.237 e. The van der Waals surface area contributed by atoms with Gasteiger partial charge in [-0.25, -0.2) is 9.37 Å². The van der Waals surface area contributed by atoms with Gasteiger partial charge in [0.2, 0.25) is 5.88 Å². The van der Waals surface area contributed by atoms with Crippen LogP contribution in [0.2, 0.25) is 0 Å². The van der Waals surface area contributed by atoms with Crippen molar-refractivity contribution in [3.63, 3.8) is 0 Å². The zero-order valence-corrected chi connectivity index (χ0v) is 11.0. The van der Waals surface area contributed by atoms with Gasteiger partial charge in [-0.05, 0) is 25.1 Å². The SMILES string of the molecule is CCNCc1cnc(Oc2cc(F)ccc2C)cn1. The number of benzene rings is 1. The molecule has 0 amide bonds. The Kier molecular flexibility index (Phi) is 4.41. The first-order valence-corrected chi connectivity index (χ1v) is 6.14. The largest absolute Gasteiger partial charge is 0.437 e. The Hall–Kier alpha value is -2.01. The number of aromatic nitrogens is 2. The van der Waals surface area contributed by atoms with Crippen LogP contribution in [0.4, 0.5) is 4.39 Å². The molecule has 1 N–H and O–H groups in total. The molecule has 1 aromatic carbocycles. The molecule has 100 valence electrons. The van der Waals surface area contributed by atoms with Crippen LogP contribution in [0.3, 0.4) is 0 Å². The summed E-state index contributed by atoms with van der Waals surface area (Å²) in [7, 11) is 0. The van der Waals surface area contributed by atoms with Crippen molar-refractivity contribution in [3.05, 3.63) is 47.7 Å². The molecule has 0 aliphatic rings. The van der Waals surface area contributed by atoms with Gasteiger partial charge in [-0.15, -0.1) is 0 Å². The number of nitrogens with zero attached hydrogens (tertiary/aromatic N) is 2. The molecule has 0 bridgehead atoms. The molecule has 0 unspecified atom stereocenters. The van der Waals surface area contributed by atoms with Gasteiger partial charge in [-0.1, -0.05) is 13.0 Å². The van der Waals surface area contributed by atoms with E-state index in [0.717, 1.165) is 17.8 Å². The summed E-state index contributed by atoms with van der Waals surface area (Å²) in [6, 6.07) is 4.40. The lowest BCUT2D eigenvalue weighted by atomic mass is 10.2. The van der Waals surface area contributed by atoms with Crippen molar-refractivity contribution in [3.8, 4) is 11.6 Å². The zero-order valence-electron chi connectivity index (χ0n) is 11.0. The van der Waals surface area contributed by atoms with Gasteiger partial charge in [0.1, 0.15) is 11.6 Å². The molecular formula is C14H16FN3O. The van der Waals surface area contributed by atoms with Gasteiger partial charge >= 0.3 is 0 Å². The molecule has 0 saturated carbocycles. The predicted molar refractivity (Wildman–Crippen MR) is 70.6 cm³/mol. The number of hydrogen-bond acceptors (Lipinski definition) is 4. The van der Waals surface area contributed by atoms with Crippen molar-refractivity contribution in [1.82, 2.24) is 15.3 Å². The molecule has 1 aromatic heterocycles. The Labute approximate surface area is 111 Å². The fourth-order valence-corrected chi connectivity index (χ4v) is 1.54. The van der Waals surface area contributed by atoms with Gasteiger partial charge in [0.05, 0.1) is 18.1 Å². The van der Waals surface area contributed by atoms with Crippen LogP contribution in [0.15, 0.2) is 30.6 Å². The van der Waals surface area contributed by atoms with Crippen molar-refractivity contribution in [2.45, 2.75) is 20.4 Å². The third-order valence-corrected chi connectivity index (χ3v) is 2.60. The first-order valence-electron chi connectivity index (χ1n) is 6.14. The maximum absolute atomic E-state index is 13.1.